The summed E-state index contributed by atoms with van der Waals surface area (Å²) in [5.74, 6) is -0.170. The van der Waals surface area contributed by atoms with E-state index in [1.807, 2.05) is 12.1 Å². The maximum Gasteiger partial charge on any atom is 0.123 e. The van der Waals surface area contributed by atoms with E-state index in [1.54, 1.807) is 23.5 Å². The minimum Gasteiger partial charge on any atom is -0.315 e. The topological polar surface area (TPSA) is 15.3 Å². The molecule has 0 radical (unpaired) electrons. The van der Waals surface area contributed by atoms with Gasteiger partial charge in [-0.15, -0.1) is 11.3 Å². The largest absolute Gasteiger partial charge is 0.315 e. The lowest BCUT2D eigenvalue weighted by Crippen LogP contribution is -2.32. The van der Waals surface area contributed by atoms with Gasteiger partial charge in [0.1, 0.15) is 5.82 Å². The average molecular weight is 290 g/mol. The van der Waals surface area contributed by atoms with Crippen LogP contribution in [-0.2, 0) is 0 Å². The number of nitrogens with zero attached hydrogens (tertiary/aromatic N) is 1. The molecule has 1 atom stereocenters. The highest BCUT2D eigenvalue weighted by atomic mass is 32.1. The molecule has 1 aromatic heterocycles. The molecule has 0 bridgehead atoms. The van der Waals surface area contributed by atoms with Crippen LogP contribution < -0.4 is 5.32 Å². The van der Waals surface area contributed by atoms with Gasteiger partial charge in [-0.05, 0) is 42.1 Å². The van der Waals surface area contributed by atoms with Crippen molar-refractivity contribution in [3.63, 3.8) is 0 Å². The number of nitrogens with one attached hydrogen (secondary N) is 1. The van der Waals surface area contributed by atoms with E-state index in [4.69, 9.17) is 0 Å². The van der Waals surface area contributed by atoms with Crippen LogP contribution in [0.5, 0.6) is 0 Å². The van der Waals surface area contributed by atoms with Gasteiger partial charge in [0.15, 0.2) is 0 Å². The van der Waals surface area contributed by atoms with E-state index < -0.39 is 0 Å². The smallest absolute Gasteiger partial charge is 0.123 e. The van der Waals surface area contributed by atoms with Crippen LogP contribution in [0.15, 0.2) is 41.8 Å². The Hall–Kier alpha value is -1.23. The van der Waals surface area contributed by atoms with E-state index in [2.05, 4.69) is 27.7 Å². The number of hydrogen-bond acceptors (Lipinski definition) is 3. The Balaban J connectivity index is 1.93. The lowest BCUT2D eigenvalue weighted by Gasteiger charge is -2.30. The molecule has 1 N–H and O–H groups in total. The fraction of sp³-hybridized carbons (Fsp3) is 0.375. The highest BCUT2D eigenvalue weighted by Crippen LogP contribution is 2.32. The van der Waals surface area contributed by atoms with E-state index in [0.717, 1.165) is 32.6 Å². The molecule has 0 spiro atoms. The van der Waals surface area contributed by atoms with E-state index in [-0.39, 0.29) is 11.9 Å². The molecule has 1 aliphatic heterocycles. The molecule has 1 unspecified atom stereocenters. The normalized spacial score (nSPS) is 18.6. The van der Waals surface area contributed by atoms with Gasteiger partial charge in [-0.2, -0.15) is 0 Å². The number of halogens is 1. The second-order valence-electron chi connectivity index (χ2n) is 5.11. The van der Waals surface area contributed by atoms with Gasteiger partial charge >= 0.3 is 0 Å². The van der Waals surface area contributed by atoms with Crippen LogP contribution in [0.1, 0.15) is 22.9 Å². The van der Waals surface area contributed by atoms with Crippen molar-refractivity contribution in [2.45, 2.75) is 12.5 Å². The van der Waals surface area contributed by atoms with Crippen molar-refractivity contribution in [3.05, 3.63) is 58.0 Å². The predicted octanol–water partition coefficient (Wildman–Crippen LogP) is 3.27. The molecule has 20 heavy (non-hydrogen) atoms. The molecule has 1 aromatic carbocycles. The molecule has 1 fully saturated rings. The van der Waals surface area contributed by atoms with E-state index in [9.17, 15) is 4.39 Å². The van der Waals surface area contributed by atoms with Crippen LogP contribution >= 0.6 is 11.3 Å². The average Bonchev–Trinajstić information content (AvgIpc) is 2.85. The zero-order valence-electron chi connectivity index (χ0n) is 11.4. The van der Waals surface area contributed by atoms with Gasteiger partial charge in [0.25, 0.3) is 0 Å². The molecule has 4 heteroatoms. The second kappa shape index (κ2) is 6.48. The lowest BCUT2D eigenvalue weighted by molar-refractivity contribution is 0.244. The summed E-state index contributed by atoms with van der Waals surface area (Å²) >= 11 is 1.77. The van der Waals surface area contributed by atoms with E-state index in [0.29, 0.717) is 0 Å². The van der Waals surface area contributed by atoms with Crippen LogP contribution in [0.25, 0.3) is 0 Å². The van der Waals surface area contributed by atoms with Gasteiger partial charge in [-0.25, -0.2) is 4.39 Å². The van der Waals surface area contributed by atoms with Crippen molar-refractivity contribution in [2.24, 2.45) is 0 Å². The Kier molecular flexibility index (Phi) is 4.45. The van der Waals surface area contributed by atoms with Gasteiger partial charge in [-0.3, -0.25) is 4.90 Å². The third-order valence-corrected chi connectivity index (χ3v) is 4.66. The molecule has 2 heterocycles. The summed E-state index contributed by atoms with van der Waals surface area (Å²) in [5.41, 5.74) is 1.18. The first-order valence-corrected chi connectivity index (χ1v) is 7.96. The Bertz CT molecular complexity index is 516. The fourth-order valence-electron chi connectivity index (χ4n) is 2.77. The van der Waals surface area contributed by atoms with Crippen LogP contribution in [0.3, 0.4) is 0 Å². The van der Waals surface area contributed by atoms with Crippen LogP contribution in [0.4, 0.5) is 4.39 Å². The summed E-state index contributed by atoms with van der Waals surface area (Å²) in [6, 6.07) is 11.5. The van der Waals surface area contributed by atoms with Gasteiger partial charge in [0, 0.05) is 24.5 Å². The number of thiophene rings is 1. The monoisotopic (exact) mass is 290 g/mol. The lowest BCUT2D eigenvalue weighted by atomic mass is 10.0. The van der Waals surface area contributed by atoms with Crippen LogP contribution in [-0.4, -0.2) is 31.1 Å². The second-order valence-corrected chi connectivity index (χ2v) is 6.09. The molecule has 1 aliphatic rings. The first-order chi connectivity index (χ1) is 9.84. The summed E-state index contributed by atoms with van der Waals surface area (Å²) in [6.45, 7) is 4.20. The maximum atomic E-state index is 13.2. The zero-order chi connectivity index (χ0) is 13.8. The molecular weight excluding hydrogens is 271 g/mol. The van der Waals surface area contributed by atoms with Gasteiger partial charge in [0.2, 0.25) is 0 Å². The number of rotatable bonds is 3. The SMILES string of the molecule is Fc1ccc(C(c2cccs2)N2CCCNCC2)cc1. The van der Waals surface area contributed by atoms with Gasteiger partial charge in [0.05, 0.1) is 6.04 Å². The zero-order valence-corrected chi connectivity index (χ0v) is 12.2. The summed E-state index contributed by atoms with van der Waals surface area (Å²) < 4.78 is 13.2. The molecule has 1 saturated heterocycles. The van der Waals surface area contributed by atoms with Crippen LogP contribution in [0, 0.1) is 5.82 Å². The minimum atomic E-state index is -0.170. The molecule has 2 nitrogen and oxygen atoms in total. The minimum absolute atomic E-state index is 0.170. The molecule has 2 aromatic rings. The third kappa shape index (κ3) is 3.08. The third-order valence-electron chi connectivity index (χ3n) is 3.74. The van der Waals surface area contributed by atoms with Crippen molar-refractivity contribution >= 4 is 11.3 Å². The molecule has 3 rings (SSSR count). The molecule has 0 amide bonds. The molecular formula is C16H19FN2S. The first-order valence-electron chi connectivity index (χ1n) is 7.08. The van der Waals surface area contributed by atoms with Gasteiger partial charge in [-0.1, -0.05) is 18.2 Å². The maximum absolute atomic E-state index is 13.2. The summed E-state index contributed by atoms with van der Waals surface area (Å²) in [7, 11) is 0. The van der Waals surface area contributed by atoms with E-state index in [1.165, 1.54) is 10.4 Å². The molecule has 106 valence electrons. The number of benzene rings is 1. The molecule has 0 aliphatic carbocycles. The number of hydrogen-bond donors (Lipinski definition) is 1. The van der Waals surface area contributed by atoms with Crippen molar-refractivity contribution < 1.29 is 4.39 Å². The summed E-state index contributed by atoms with van der Waals surface area (Å²) in [5, 5.41) is 5.55. The fourth-order valence-corrected chi connectivity index (χ4v) is 3.66. The first kappa shape index (κ1) is 13.7. The predicted molar refractivity (Wildman–Crippen MR) is 81.6 cm³/mol. The summed E-state index contributed by atoms with van der Waals surface area (Å²) in [4.78, 5) is 3.83. The Labute approximate surface area is 123 Å². The highest BCUT2D eigenvalue weighted by Gasteiger charge is 2.23. The quantitative estimate of drug-likeness (QED) is 0.933. The Morgan fingerprint density at radius 3 is 2.70 bits per heavy atom. The molecule has 0 saturated carbocycles. The van der Waals surface area contributed by atoms with Crippen LogP contribution in [0.2, 0.25) is 0 Å². The van der Waals surface area contributed by atoms with Gasteiger partial charge < -0.3 is 5.32 Å². The van der Waals surface area contributed by atoms with Crippen molar-refractivity contribution in [2.75, 3.05) is 26.2 Å². The van der Waals surface area contributed by atoms with Crippen molar-refractivity contribution in [3.8, 4) is 0 Å². The Morgan fingerprint density at radius 1 is 1.10 bits per heavy atom. The van der Waals surface area contributed by atoms with E-state index >= 15 is 0 Å². The highest BCUT2D eigenvalue weighted by molar-refractivity contribution is 7.10. The van der Waals surface area contributed by atoms with Crippen molar-refractivity contribution in [1.29, 1.82) is 0 Å². The Morgan fingerprint density at radius 2 is 1.95 bits per heavy atom. The van der Waals surface area contributed by atoms with Crippen molar-refractivity contribution in [1.82, 2.24) is 10.2 Å². The standard InChI is InChI=1S/C16H19FN2S/c17-14-6-4-13(5-7-14)16(15-3-1-12-20-15)19-10-2-8-18-9-11-19/h1,3-7,12,16,18H,2,8-11H2. The summed E-state index contributed by atoms with van der Waals surface area (Å²) in [6.07, 6.45) is 1.16.